The van der Waals surface area contributed by atoms with E-state index in [-0.39, 0.29) is 11.3 Å². The number of hydrogen-bond acceptors (Lipinski definition) is 3. The Morgan fingerprint density at radius 3 is 2.27 bits per heavy atom. The van der Waals surface area contributed by atoms with Crippen LogP contribution < -0.4 is 5.32 Å². The summed E-state index contributed by atoms with van der Waals surface area (Å²) in [7, 11) is -3.08. The van der Waals surface area contributed by atoms with E-state index in [9.17, 15) is 8.42 Å². The van der Waals surface area contributed by atoms with Crippen LogP contribution in [0.15, 0.2) is 0 Å². The van der Waals surface area contributed by atoms with Crippen molar-refractivity contribution in [3.05, 3.63) is 0 Å². The number of rotatable bonds is 4. The summed E-state index contributed by atoms with van der Waals surface area (Å²) < 4.78 is 26.1. The van der Waals surface area contributed by atoms with Crippen molar-refractivity contribution in [2.45, 2.75) is 44.9 Å². The van der Waals surface area contributed by atoms with Crippen LogP contribution in [0.5, 0.6) is 0 Å². The highest BCUT2D eigenvalue weighted by atomic mass is 32.2. The largest absolute Gasteiger partial charge is 0.317 e. The molecule has 0 unspecified atom stereocenters. The summed E-state index contributed by atoms with van der Waals surface area (Å²) in [5, 5.41) is 3.01. The van der Waals surface area contributed by atoms with E-state index in [1.54, 1.807) is 4.31 Å². The molecule has 5 heteroatoms. The minimum atomic E-state index is -3.08. The minimum Gasteiger partial charge on any atom is -0.317 e. The molecule has 1 aliphatic rings. The Labute approximate surface area is 93.1 Å². The molecule has 1 fully saturated rings. The minimum absolute atomic E-state index is 0.0647. The average Bonchev–Trinajstić information content (AvgIpc) is 2.19. The van der Waals surface area contributed by atoms with Gasteiger partial charge in [-0.3, -0.25) is 0 Å². The van der Waals surface area contributed by atoms with Crippen LogP contribution in [0.4, 0.5) is 0 Å². The first-order valence-electron chi connectivity index (χ1n) is 5.71. The van der Waals surface area contributed by atoms with Gasteiger partial charge in [0.1, 0.15) is 0 Å². The van der Waals surface area contributed by atoms with Gasteiger partial charge in [0, 0.05) is 12.6 Å². The first kappa shape index (κ1) is 12.9. The first-order chi connectivity index (χ1) is 7.00. The Bertz CT molecular complexity index is 282. The van der Waals surface area contributed by atoms with Gasteiger partial charge in [0.25, 0.3) is 0 Å². The van der Waals surface area contributed by atoms with Gasteiger partial charge in [-0.25, -0.2) is 8.42 Å². The van der Waals surface area contributed by atoms with E-state index in [0.29, 0.717) is 6.54 Å². The van der Waals surface area contributed by atoms with Crippen molar-refractivity contribution in [2.75, 3.05) is 19.6 Å². The van der Waals surface area contributed by atoms with Crippen LogP contribution in [0, 0.1) is 0 Å². The zero-order chi connectivity index (χ0) is 11.5. The molecule has 0 aliphatic carbocycles. The lowest BCUT2D eigenvalue weighted by molar-refractivity contribution is 0.354. The van der Waals surface area contributed by atoms with Crippen molar-refractivity contribution in [1.29, 1.82) is 0 Å². The van der Waals surface area contributed by atoms with Gasteiger partial charge in [-0.05, 0) is 39.8 Å². The van der Waals surface area contributed by atoms with Gasteiger partial charge in [-0.1, -0.05) is 6.92 Å². The van der Waals surface area contributed by atoms with Gasteiger partial charge >= 0.3 is 0 Å². The predicted molar refractivity (Wildman–Crippen MR) is 62.3 cm³/mol. The monoisotopic (exact) mass is 234 g/mol. The zero-order valence-corrected chi connectivity index (χ0v) is 10.7. The molecular formula is C10H22N2O2S. The fourth-order valence-corrected chi connectivity index (χ4v) is 4.29. The molecular weight excluding hydrogens is 212 g/mol. The van der Waals surface area contributed by atoms with Gasteiger partial charge in [0.05, 0.1) is 5.25 Å². The van der Waals surface area contributed by atoms with E-state index in [2.05, 4.69) is 5.32 Å². The molecule has 0 saturated carbocycles. The van der Waals surface area contributed by atoms with Crippen molar-refractivity contribution in [3.8, 4) is 0 Å². The summed E-state index contributed by atoms with van der Waals surface area (Å²) in [5.74, 6) is 0. The van der Waals surface area contributed by atoms with Crippen molar-refractivity contribution in [3.63, 3.8) is 0 Å². The Hall–Kier alpha value is -0.130. The van der Waals surface area contributed by atoms with Crippen LogP contribution in [0.1, 0.15) is 33.6 Å². The third kappa shape index (κ3) is 2.92. The summed E-state index contributed by atoms with van der Waals surface area (Å²) in [6.07, 6.45) is 1.48. The van der Waals surface area contributed by atoms with Gasteiger partial charge in [-0.2, -0.15) is 4.31 Å². The number of hydrogen-bond donors (Lipinski definition) is 1. The Balaban J connectivity index is 2.79. The van der Waals surface area contributed by atoms with Gasteiger partial charge in [0.2, 0.25) is 10.0 Å². The smallest absolute Gasteiger partial charge is 0.217 e. The molecule has 1 rings (SSSR count). The SMILES string of the molecule is CCN(C(C)C)S(=O)(=O)C1CCNCC1. The molecule has 90 valence electrons. The van der Waals surface area contributed by atoms with E-state index in [4.69, 9.17) is 0 Å². The van der Waals surface area contributed by atoms with Crippen LogP contribution in [-0.2, 0) is 10.0 Å². The molecule has 0 aromatic carbocycles. The van der Waals surface area contributed by atoms with E-state index in [1.807, 2.05) is 20.8 Å². The van der Waals surface area contributed by atoms with E-state index in [0.717, 1.165) is 25.9 Å². The summed E-state index contributed by atoms with van der Waals surface area (Å²) in [6.45, 7) is 7.98. The molecule has 15 heavy (non-hydrogen) atoms. The Morgan fingerprint density at radius 1 is 1.33 bits per heavy atom. The molecule has 0 bridgehead atoms. The maximum atomic E-state index is 12.3. The number of piperidine rings is 1. The molecule has 0 atom stereocenters. The van der Waals surface area contributed by atoms with Crippen LogP contribution in [-0.4, -0.2) is 43.6 Å². The molecule has 0 spiro atoms. The normalized spacial score (nSPS) is 20.1. The second-order valence-electron chi connectivity index (χ2n) is 4.29. The highest BCUT2D eigenvalue weighted by Crippen LogP contribution is 2.19. The summed E-state index contributed by atoms with van der Waals surface area (Å²) in [5.41, 5.74) is 0. The standard InChI is InChI=1S/C10H22N2O2S/c1-4-12(9(2)3)15(13,14)10-5-7-11-8-6-10/h9-11H,4-8H2,1-3H3. The van der Waals surface area contributed by atoms with Gasteiger partial charge in [-0.15, -0.1) is 0 Å². The zero-order valence-electron chi connectivity index (χ0n) is 9.86. The van der Waals surface area contributed by atoms with Gasteiger partial charge < -0.3 is 5.32 Å². The van der Waals surface area contributed by atoms with E-state index in [1.165, 1.54) is 0 Å². The second-order valence-corrected chi connectivity index (χ2v) is 6.46. The lowest BCUT2D eigenvalue weighted by Crippen LogP contribution is -2.46. The van der Waals surface area contributed by atoms with Gasteiger partial charge in [0.15, 0.2) is 0 Å². The van der Waals surface area contributed by atoms with E-state index < -0.39 is 10.0 Å². The molecule has 1 heterocycles. The highest BCUT2D eigenvalue weighted by Gasteiger charge is 2.33. The van der Waals surface area contributed by atoms with Crippen LogP contribution >= 0.6 is 0 Å². The topological polar surface area (TPSA) is 49.4 Å². The van der Waals surface area contributed by atoms with Crippen molar-refractivity contribution in [1.82, 2.24) is 9.62 Å². The summed E-state index contributed by atoms with van der Waals surface area (Å²) >= 11 is 0. The quantitative estimate of drug-likeness (QED) is 0.783. The molecule has 0 aromatic rings. The molecule has 1 aliphatic heterocycles. The van der Waals surface area contributed by atoms with Crippen LogP contribution in [0.25, 0.3) is 0 Å². The van der Waals surface area contributed by atoms with E-state index >= 15 is 0 Å². The van der Waals surface area contributed by atoms with Crippen molar-refractivity contribution >= 4 is 10.0 Å². The predicted octanol–water partition coefficient (Wildman–Crippen LogP) is 0.798. The third-order valence-corrected chi connectivity index (χ3v) is 5.57. The number of sulfonamides is 1. The maximum absolute atomic E-state index is 12.3. The molecule has 1 saturated heterocycles. The van der Waals surface area contributed by atoms with Crippen molar-refractivity contribution < 1.29 is 8.42 Å². The Kier molecular flexibility index (Phi) is 4.55. The summed E-state index contributed by atoms with van der Waals surface area (Å²) in [6, 6.07) is 0.0647. The third-order valence-electron chi connectivity index (χ3n) is 2.92. The lowest BCUT2D eigenvalue weighted by atomic mass is 10.2. The number of nitrogens with one attached hydrogen (secondary N) is 1. The average molecular weight is 234 g/mol. The first-order valence-corrected chi connectivity index (χ1v) is 7.21. The molecule has 4 nitrogen and oxygen atoms in total. The molecule has 0 radical (unpaired) electrons. The van der Waals surface area contributed by atoms with Crippen LogP contribution in [0.3, 0.4) is 0 Å². The van der Waals surface area contributed by atoms with Crippen molar-refractivity contribution in [2.24, 2.45) is 0 Å². The fraction of sp³-hybridized carbons (Fsp3) is 1.00. The molecule has 1 N–H and O–H groups in total. The molecule has 0 amide bonds. The molecule has 0 aromatic heterocycles. The lowest BCUT2D eigenvalue weighted by Gasteiger charge is -2.31. The number of nitrogens with zero attached hydrogens (tertiary/aromatic N) is 1. The maximum Gasteiger partial charge on any atom is 0.217 e. The highest BCUT2D eigenvalue weighted by molar-refractivity contribution is 7.89. The Morgan fingerprint density at radius 2 is 1.87 bits per heavy atom. The fourth-order valence-electron chi connectivity index (χ4n) is 2.12. The van der Waals surface area contributed by atoms with Crippen LogP contribution in [0.2, 0.25) is 0 Å². The summed E-state index contributed by atoms with van der Waals surface area (Å²) in [4.78, 5) is 0. The second kappa shape index (κ2) is 5.27.